The van der Waals surface area contributed by atoms with Crippen LogP contribution in [0.3, 0.4) is 0 Å². The average molecular weight is 277 g/mol. The normalized spacial score (nSPS) is 10.2. The highest BCUT2D eigenvalue weighted by molar-refractivity contribution is 7.80. The van der Waals surface area contributed by atoms with E-state index in [1.165, 1.54) is 12.1 Å². The second kappa shape index (κ2) is 5.67. The minimum Gasteiger partial charge on any atom is -0.508 e. The van der Waals surface area contributed by atoms with Gasteiger partial charge in [0.15, 0.2) is 11.6 Å². The van der Waals surface area contributed by atoms with Crippen LogP contribution in [0.15, 0.2) is 42.5 Å². The predicted molar refractivity (Wildman–Crippen MR) is 74.7 cm³/mol. The van der Waals surface area contributed by atoms with Crippen LogP contribution in [0.25, 0.3) is 0 Å². The van der Waals surface area contributed by atoms with Crippen molar-refractivity contribution in [2.24, 2.45) is 5.73 Å². The third kappa shape index (κ3) is 3.42. The van der Waals surface area contributed by atoms with Crippen molar-refractivity contribution in [2.45, 2.75) is 6.61 Å². The van der Waals surface area contributed by atoms with Gasteiger partial charge in [0.05, 0.1) is 0 Å². The lowest BCUT2D eigenvalue weighted by atomic mass is 10.2. The van der Waals surface area contributed by atoms with Crippen molar-refractivity contribution in [3.63, 3.8) is 0 Å². The molecule has 0 saturated heterocycles. The molecule has 3 N–H and O–H groups in total. The number of benzene rings is 2. The second-order valence-corrected chi connectivity index (χ2v) is 4.41. The predicted octanol–water partition coefficient (Wildman–Crippen LogP) is 2.74. The smallest absolute Gasteiger partial charge is 0.165 e. The average Bonchev–Trinajstić information content (AvgIpc) is 2.37. The number of thiocarbonyl (C=S) groups is 1. The summed E-state index contributed by atoms with van der Waals surface area (Å²) >= 11 is 4.76. The van der Waals surface area contributed by atoms with Gasteiger partial charge >= 0.3 is 0 Å². The Morgan fingerprint density at radius 2 is 2.05 bits per heavy atom. The third-order valence-corrected chi connectivity index (χ3v) is 2.76. The third-order valence-electron chi connectivity index (χ3n) is 2.52. The molecule has 2 aromatic carbocycles. The van der Waals surface area contributed by atoms with E-state index in [2.05, 4.69) is 0 Å². The van der Waals surface area contributed by atoms with Crippen LogP contribution in [0.2, 0.25) is 0 Å². The molecular weight excluding hydrogens is 265 g/mol. The molecule has 0 heterocycles. The summed E-state index contributed by atoms with van der Waals surface area (Å²) in [6, 6.07) is 10.9. The van der Waals surface area contributed by atoms with Gasteiger partial charge in [-0.3, -0.25) is 0 Å². The molecule has 0 bridgehead atoms. The molecule has 2 rings (SSSR count). The van der Waals surface area contributed by atoms with Crippen LogP contribution in [0.5, 0.6) is 11.5 Å². The summed E-state index contributed by atoms with van der Waals surface area (Å²) in [6.07, 6.45) is 0. The fraction of sp³-hybridized carbons (Fsp3) is 0.0714. The Morgan fingerprint density at radius 3 is 2.68 bits per heavy atom. The molecule has 2 aromatic rings. The highest BCUT2D eigenvalue weighted by Gasteiger charge is 2.06. The van der Waals surface area contributed by atoms with Gasteiger partial charge in [0.1, 0.15) is 17.3 Å². The zero-order valence-electron chi connectivity index (χ0n) is 9.97. The fourth-order valence-electron chi connectivity index (χ4n) is 1.58. The lowest BCUT2D eigenvalue weighted by molar-refractivity contribution is 0.289. The van der Waals surface area contributed by atoms with Gasteiger partial charge in [-0.25, -0.2) is 4.39 Å². The molecule has 0 spiro atoms. The molecule has 0 aliphatic heterocycles. The second-order valence-electron chi connectivity index (χ2n) is 3.97. The van der Waals surface area contributed by atoms with Gasteiger partial charge in [0, 0.05) is 5.56 Å². The summed E-state index contributed by atoms with van der Waals surface area (Å²) in [5.74, 6) is -0.265. The first-order valence-electron chi connectivity index (χ1n) is 5.56. The first-order chi connectivity index (χ1) is 9.06. The highest BCUT2D eigenvalue weighted by atomic mass is 32.1. The standard InChI is InChI=1S/C14H12FNO2S/c15-12-7-10(14(16)19)4-5-13(12)18-8-9-2-1-3-11(17)6-9/h1-7,17H,8H2,(H2,16,19). The lowest BCUT2D eigenvalue weighted by Crippen LogP contribution is -2.09. The Bertz CT molecular complexity index is 616. The van der Waals surface area contributed by atoms with Gasteiger partial charge in [-0.1, -0.05) is 24.4 Å². The quantitative estimate of drug-likeness (QED) is 0.844. The van der Waals surface area contributed by atoms with Crippen LogP contribution in [-0.2, 0) is 6.61 Å². The molecular formula is C14H12FNO2S. The number of nitrogens with two attached hydrogens (primary N) is 1. The summed E-state index contributed by atoms with van der Waals surface area (Å²) < 4.78 is 19.0. The first-order valence-corrected chi connectivity index (χ1v) is 5.97. The van der Waals surface area contributed by atoms with E-state index in [4.69, 9.17) is 22.7 Å². The Labute approximate surface area is 115 Å². The van der Waals surface area contributed by atoms with Gasteiger partial charge in [-0.15, -0.1) is 0 Å². The van der Waals surface area contributed by atoms with Gasteiger partial charge in [-0.2, -0.15) is 0 Å². The van der Waals surface area contributed by atoms with Crippen molar-refractivity contribution in [1.82, 2.24) is 0 Å². The number of aromatic hydroxyl groups is 1. The van der Waals surface area contributed by atoms with E-state index in [-0.39, 0.29) is 23.1 Å². The van der Waals surface area contributed by atoms with Crippen LogP contribution in [0.4, 0.5) is 4.39 Å². The van der Waals surface area contributed by atoms with Gasteiger partial charge in [0.25, 0.3) is 0 Å². The SMILES string of the molecule is NC(=S)c1ccc(OCc2cccc(O)c2)c(F)c1. The fourth-order valence-corrected chi connectivity index (χ4v) is 1.71. The first kappa shape index (κ1) is 13.3. The van der Waals surface area contributed by atoms with Gasteiger partial charge < -0.3 is 15.6 Å². The van der Waals surface area contributed by atoms with E-state index in [1.54, 1.807) is 30.3 Å². The molecule has 0 aromatic heterocycles. The van der Waals surface area contributed by atoms with Crippen LogP contribution in [0, 0.1) is 5.82 Å². The van der Waals surface area contributed by atoms with E-state index in [1.807, 2.05) is 0 Å². The highest BCUT2D eigenvalue weighted by Crippen LogP contribution is 2.20. The molecule has 0 atom stereocenters. The maximum absolute atomic E-state index is 13.7. The lowest BCUT2D eigenvalue weighted by Gasteiger charge is -2.08. The maximum Gasteiger partial charge on any atom is 0.165 e. The van der Waals surface area contributed by atoms with Crippen LogP contribution in [0.1, 0.15) is 11.1 Å². The Morgan fingerprint density at radius 1 is 1.26 bits per heavy atom. The van der Waals surface area contributed by atoms with Crippen LogP contribution in [-0.4, -0.2) is 10.1 Å². The topological polar surface area (TPSA) is 55.5 Å². The molecule has 0 unspecified atom stereocenters. The van der Waals surface area contributed by atoms with Crippen molar-refractivity contribution < 1.29 is 14.2 Å². The van der Waals surface area contributed by atoms with Crippen molar-refractivity contribution >= 4 is 17.2 Å². The summed E-state index contributed by atoms with van der Waals surface area (Å²) in [5, 5.41) is 9.30. The monoisotopic (exact) mass is 277 g/mol. The number of halogens is 1. The van der Waals surface area contributed by atoms with Crippen molar-refractivity contribution in [3.05, 3.63) is 59.4 Å². The Balaban J connectivity index is 2.10. The summed E-state index contributed by atoms with van der Waals surface area (Å²) in [6.45, 7) is 0.164. The summed E-state index contributed by atoms with van der Waals surface area (Å²) in [4.78, 5) is 0.137. The van der Waals surface area contributed by atoms with Crippen molar-refractivity contribution in [3.8, 4) is 11.5 Å². The molecule has 5 heteroatoms. The molecule has 0 amide bonds. The van der Waals surface area contributed by atoms with E-state index in [9.17, 15) is 9.50 Å². The molecule has 0 aliphatic carbocycles. The van der Waals surface area contributed by atoms with Gasteiger partial charge in [-0.05, 0) is 35.9 Å². The largest absolute Gasteiger partial charge is 0.508 e. The molecule has 98 valence electrons. The molecule has 3 nitrogen and oxygen atoms in total. The summed E-state index contributed by atoms with van der Waals surface area (Å²) in [5.41, 5.74) is 6.61. The van der Waals surface area contributed by atoms with Crippen LogP contribution < -0.4 is 10.5 Å². The molecule has 0 fully saturated rings. The van der Waals surface area contributed by atoms with Crippen LogP contribution >= 0.6 is 12.2 Å². The maximum atomic E-state index is 13.7. The van der Waals surface area contributed by atoms with E-state index in [0.717, 1.165) is 5.56 Å². The van der Waals surface area contributed by atoms with Gasteiger partial charge in [0.2, 0.25) is 0 Å². The van der Waals surface area contributed by atoms with Crippen molar-refractivity contribution in [1.29, 1.82) is 0 Å². The number of phenolic OH excluding ortho intramolecular Hbond substituents is 1. The zero-order valence-corrected chi connectivity index (χ0v) is 10.8. The summed E-state index contributed by atoms with van der Waals surface area (Å²) in [7, 11) is 0. The van der Waals surface area contributed by atoms with E-state index in [0.29, 0.717) is 5.56 Å². The number of hydrogen-bond acceptors (Lipinski definition) is 3. The van der Waals surface area contributed by atoms with E-state index >= 15 is 0 Å². The number of ether oxygens (including phenoxy) is 1. The minimum absolute atomic E-state index is 0.114. The molecule has 0 saturated carbocycles. The zero-order chi connectivity index (χ0) is 13.8. The number of hydrogen-bond donors (Lipinski definition) is 2. The Hall–Kier alpha value is -2.14. The number of phenols is 1. The number of rotatable bonds is 4. The molecule has 0 radical (unpaired) electrons. The van der Waals surface area contributed by atoms with E-state index < -0.39 is 5.82 Å². The van der Waals surface area contributed by atoms with Crippen molar-refractivity contribution in [2.75, 3.05) is 0 Å². The molecule has 0 aliphatic rings. The molecule has 19 heavy (non-hydrogen) atoms. The Kier molecular flexibility index (Phi) is 3.97. The minimum atomic E-state index is -0.523.